The van der Waals surface area contributed by atoms with Crippen molar-refractivity contribution >= 4 is 39.0 Å². The number of hydrogen-bond acceptors (Lipinski definition) is 2. The molecule has 0 bridgehead atoms. The minimum Gasteiger partial charge on any atom is -0.392 e. The zero-order valence-electron chi connectivity index (χ0n) is 9.24. The number of likely N-dealkylation sites (N-methyl/N-ethyl adjacent to an activating group) is 1. The van der Waals surface area contributed by atoms with E-state index in [0.29, 0.717) is 12.1 Å². The standard InChI is InChI=1S/C11H12BrFN2OS/c1-2-15(6-10(14)17)11(16)7-3-4-9(13)8(12)5-7/h3-5H,2,6H2,1H3,(H2,14,17). The Bertz CT molecular complexity index is 453. The van der Waals surface area contributed by atoms with Crippen LogP contribution in [0.15, 0.2) is 22.7 Å². The molecule has 2 N–H and O–H groups in total. The van der Waals surface area contributed by atoms with Crippen LogP contribution in [0.25, 0.3) is 0 Å². The van der Waals surface area contributed by atoms with E-state index in [1.165, 1.54) is 23.1 Å². The van der Waals surface area contributed by atoms with Crippen LogP contribution < -0.4 is 5.73 Å². The molecule has 0 fully saturated rings. The summed E-state index contributed by atoms with van der Waals surface area (Å²) in [5.41, 5.74) is 5.81. The van der Waals surface area contributed by atoms with Crippen molar-refractivity contribution < 1.29 is 9.18 Å². The van der Waals surface area contributed by atoms with Gasteiger partial charge in [0.1, 0.15) is 5.82 Å². The Morgan fingerprint density at radius 3 is 2.71 bits per heavy atom. The van der Waals surface area contributed by atoms with Gasteiger partial charge in [-0.2, -0.15) is 0 Å². The Morgan fingerprint density at radius 2 is 2.24 bits per heavy atom. The van der Waals surface area contributed by atoms with Gasteiger partial charge in [0.2, 0.25) is 0 Å². The Morgan fingerprint density at radius 1 is 1.59 bits per heavy atom. The summed E-state index contributed by atoms with van der Waals surface area (Å²) < 4.78 is 13.3. The van der Waals surface area contributed by atoms with E-state index in [9.17, 15) is 9.18 Å². The second kappa shape index (κ2) is 6.07. The highest BCUT2D eigenvalue weighted by Gasteiger charge is 2.15. The first-order valence-electron chi connectivity index (χ1n) is 4.98. The number of thiocarbonyl (C=S) groups is 1. The third kappa shape index (κ3) is 3.74. The van der Waals surface area contributed by atoms with E-state index in [1.807, 2.05) is 6.92 Å². The molecule has 1 rings (SSSR count). The van der Waals surface area contributed by atoms with Gasteiger partial charge in [-0.3, -0.25) is 4.79 Å². The van der Waals surface area contributed by atoms with Gasteiger partial charge in [0.15, 0.2) is 0 Å². The molecular weight excluding hydrogens is 307 g/mol. The normalized spacial score (nSPS) is 10.1. The zero-order valence-corrected chi connectivity index (χ0v) is 11.6. The Kier molecular flexibility index (Phi) is 5.02. The summed E-state index contributed by atoms with van der Waals surface area (Å²) in [5, 5.41) is 0. The lowest BCUT2D eigenvalue weighted by atomic mass is 10.2. The Balaban J connectivity index is 2.93. The first-order valence-corrected chi connectivity index (χ1v) is 6.18. The van der Waals surface area contributed by atoms with Crippen LogP contribution in [0.2, 0.25) is 0 Å². The maximum Gasteiger partial charge on any atom is 0.254 e. The van der Waals surface area contributed by atoms with Gasteiger partial charge in [0, 0.05) is 12.1 Å². The fourth-order valence-electron chi connectivity index (χ4n) is 1.33. The van der Waals surface area contributed by atoms with E-state index in [0.717, 1.165) is 0 Å². The summed E-state index contributed by atoms with van der Waals surface area (Å²) in [7, 11) is 0. The molecule has 92 valence electrons. The second-order valence-corrected chi connectivity index (χ2v) is 4.79. The first kappa shape index (κ1) is 14.1. The summed E-state index contributed by atoms with van der Waals surface area (Å²) >= 11 is 7.81. The molecule has 0 aliphatic heterocycles. The molecule has 0 saturated carbocycles. The lowest BCUT2D eigenvalue weighted by molar-refractivity contribution is 0.0787. The molecule has 0 atom stereocenters. The van der Waals surface area contributed by atoms with Gasteiger partial charge in [0.25, 0.3) is 5.91 Å². The average molecular weight is 319 g/mol. The van der Waals surface area contributed by atoms with E-state index in [-0.39, 0.29) is 21.9 Å². The number of carbonyl (C=O) groups is 1. The van der Waals surface area contributed by atoms with E-state index < -0.39 is 5.82 Å². The van der Waals surface area contributed by atoms with Crippen LogP contribution in [-0.4, -0.2) is 28.9 Å². The monoisotopic (exact) mass is 318 g/mol. The molecule has 1 aromatic rings. The van der Waals surface area contributed by atoms with Crippen molar-refractivity contribution in [3.05, 3.63) is 34.1 Å². The van der Waals surface area contributed by atoms with Gasteiger partial charge in [-0.1, -0.05) is 12.2 Å². The van der Waals surface area contributed by atoms with Gasteiger partial charge in [-0.05, 0) is 41.1 Å². The maximum atomic E-state index is 13.0. The molecular formula is C11H12BrFN2OS. The molecule has 0 aliphatic rings. The van der Waals surface area contributed by atoms with Crippen LogP contribution in [0.4, 0.5) is 4.39 Å². The third-order valence-electron chi connectivity index (χ3n) is 2.18. The minimum absolute atomic E-state index is 0.221. The number of carbonyl (C=O) groups excluding carboxylic acids is 1. The number of nitrogens with two attached hydrogens (primary N) is 1. The number of nitrogens with zero attached hydrogens (tertiary/aromatic N) is 1. The van der Waals surface area contributed by atoms with E-state index in [1.54, 1.807) is 0 Å². The van der Waals surface area contributed by atoms with Crippen molar-refractivity contribution in [1.82, 2.24) is 4.90 Å². The van der Waals surface area contributed by atoms with Crippen LogP contribution in [0, 0.1) is 5.82 Å². The van der Waals surface area contributed by atoms with Crippen molar-refractivity contribution in [3.63, 3.8) is 0 Å². The molecule has 1 aromatic carbocycles. The molecule has 6 heteroatoms. The van der Waals surface area contributed by atoms with Gasteiger partial charge < -0.3 is 10.6 Å². The third-order valence-corrected chi connectivity index (χ3v) is 2.92. The number of benzene rings is 1. The maximum absolute atomic E-state index is 13.0. The summed E-state index contributed by atoms with van der Waals surface area (Å²) in [6.45, 7) is 2.54. The molecule has 0 radical (unpaired) electrons. The molecule has 0 unspecified atom stereocenters. The van der Waals surface area contributed by atoms with Gasteiger partial charge in [-0.15, -0.1) is 0 Å². The number of hydrogen-bond donors (Lipinski definition) is 1. The van der Waals surface area contributed by atoms with Crippen LogP contribution in [-0.2, 0) is 0 Å². The summed E-state index contributed by atoms with van der Waals surface area (Å²) in [5.74, 6) is -0.625. The first-order chi connectivity index (χ1) is 7.95. The summed E-state index contributed by atoms with van der Waals surface area (Å²) in [6, 6.07) is 4.12. The highest BCUT2D eigenvalue weighted by atomic mass is 79.9. The average Bonchev–Trinajstić information content (AvgIpc) is 2.28. The summed E-state index contributed by atoms with van der Waals surface area (Å²) in [6.07, 6.45) is 0. The molecule has 0 heterocycles. The molecule has 17 heavy (non-hydrogen) atoms. The largest absolute Gasteiger partial charge is 0.392 e. The molecule has 0 spiro atoms. The quantitative estimate of drug-likeness (QED) is 0.867. The van der Waals surface area contributed by atoms with Crippen LogP contribution >= 0.6 is 28.1 Å². The molecule has 0 aromatic heterocycles. The van der Waals surface area contributed by atoms with Crippen molar-refractivity contribution in [2.75, 3.05) is 13.1 Å². The molecule has 0 aliphatic carbocycles. The van der Waals surface area contributed by atoms with Crippen molar-refractivity contribution in [1.29, 1.82) is 0 Å². The van der Waals surface area contributed by atoms with Gasteiger partial charge in [-0.25, -0.2) is 4.39 Å². The fourth-order valence-corrected chi connectivity index (χ4v) is 1.86. The summed E-state index contributed by atoms with van der Waals surface area (Å²) in [4.78, 5) is 13.8. The molecule has 0 saturated heterocycles. The highest BCUT2D eigenvalue weighted by molar-refractivity contribution is 9.10. The van der Waals surface area contributed by atoms with E-state index in [2.05, 4.69) is 15.9 Å². The Hall–Kier alpha value is -1.01. The Labute approximate surface area is 113 Å². The van der Waals surface area contributed by atoms with Crippen molar-refractivity contribution in [2.45, 2.75) is 6.92 Å². The number of halogens is 2. The predicted molar refractivity (Wildman–Crippen MR) is 72.5 cm³/mol. The second-order valence-electron chi connectivity index (χ2n) is 3.41. The van der Waals surface area contributed by atoms with E-state index >= 15 is 0 Å². The SMILES string of the molecule is CCN(CC(N)=S)C(=O)c1ccc(F)c(Br)c1. The van der Waals surface area contributed by atoms with Gasteiger partial charge >= 0.3 is 0 Å². The van der Waals surface area contributed by atoms with Gasteiger partial charge in [0.05, 0.1) is 16.0 Å². The predicted octanol–water partition coefficient (Wildman–Crippen LogP) is 2.34. The van der Waals surface area contributed by atoms with Crippen molar-refractivity contribution in [2.24, 2.45) is 5.73 Å². The minimum atomic E-state index is -0.404. The van der Waals surface area contributed by atoms with E-state index in [4.69, 9.17) is 18.0 Å². The van der Waals surface area contributed by atoms with Crippen LogP contribution in [0.3, 0.4) is 0 Å². The fraction of sp³-hybridized carbons (Fsp3) is 0.273. The smallest absolute Gasteiger partial charge is 0.254 e. The van der Waals surface area contributed by atoms with Crippen LogP contribution in [0.5, 0.6) is 0 Å². The molecule has 3 nitrogen and oxygen atoms in total. The zero-order chi connectivity index (χ0) is 13.0. The molecule has 1 amide bonds. The topological polar surface area (TPSA) is 46.3 Å². The highest BCUT2D eigenvalue weighted by Crippen LogP contribution is 2.17. The number of amides is 1. The number of rotatable bonds is 4. The lowest BCUT2D eigenvalue weighted by Gasteiger charge is -2.20. The van der Waals surface area contributed by atoms with Crippen molar-refractivity contribution in [3.8, 4) is 0 Å². The lowest BCUT2D eigenvalue weighted by Crippen LogP contribution is -2.37. The van der Waals surface area contributed by atoms with Crippen LogP contribution in [0.1, 0.15) is 17.3 Å².